The number of hydrogen-bond donors (Lipinski definition) is 2. The summed E-state index contributed by atoms with van der Waals surface area (Å²) in [6.07, 6.45) is 1.00. The van der Waals surface area contributed by atoms with Crippen molar-refractivity contribution in [3.05, 3.63) is 100 Å². The van der Waals surface area contributed by atoms with Crippen LogP contribution in [0.5, 0.6) is 0 Å². The maximum atomic E-state index is 11.5. The number of fused-ring (bicyclic) bond motifs is 5. The summed E-state index contributed by atoms with van der Waals surface area (Å²) < 4.78 is 0. The van der Waals surface area contributed by atoms with Gasteiger partial charge in [-0.05, 0) is 59.7 Å². The molecule has 3 aromatic rings. The Morgan fingerprint density at radius 2 is 1.78 bits per heavy atom. The molecular formula is C24H21NO2. The van der Waals surface area contributed by atoms with Gasteiger partial charge in [0.2, 0.25) is 0 Å². The minimum Gasteiger partial charge on any atom is -0.478 e. The van der Waals surface area contributed by atoms with Crippen molar-refractivity contribution in [2.45, 2.75) is 25.3 Å². The molecule has 0 saturated heterocycles. The zero-order chi connectivity index (χ0) is 18.5. The lowest BCUT2D eigenvalue weighted by molar-refractivity contribution is 0.0696. The quantitative estimate of drug-likeness (QED) is 0.667. The highest BCUT2D eigenvalue weighted by atomic mass is 16.4. The maximum absolute atomic E-state index is 11.5. The van der Waals surface area contributed by atoms with Gasteiger partial charge in [-0.3, -0.25) is 0 Å². The van der Waals surface area contributed by atoms with Gasteiger partial charge in [0.1, 0.15) is 0 Å². The number of hydrogen-bond acceptors (Lipinski definition) is 2. The number of carboxylic acid groups (broad SMARTS) is 1. The molecule has 0 spiro atoms. The lowest BCUT2D eigenvalue weighted by atomic mass is 9.75. The van der Waals surface area contributed by atoms with Crippen molar-refractivity contribution in [1.82, 2.24) is 0 Å². The summed E-state index contributed by atoms with van der Waals surface area (Å²) in [7, 11) is 0. The first-order valence-corrected chi connectivity index (χ1v) is 9.40. The van der Waals surface area contributed by atoms with Crippen LogP contribution in [0.1, 0.15) is 50.1 Å². The Kier molecular flexibility index (Phi) is 3.57. The van der Waals surface area contributed by atoms with E-state index in [1.807, 2.05) is 12.1 Å². The summed E-state index contributed by atoms with van der Waals surface area (Å²) >= 11 is 0. The number of aromatic carboxylic acids is 1. The van der Waals surface area contributed by atoms with Gasteiger partial charge in [0, 0.05) is 11.6 Å². The summed E-state index contributed by atoms with van der Waals surface area (Å²) in [5.41, 5.74) is 7.76. The van der Waals surface area contributed by atoms with Crippen LogP contribution in [0.25, 0.3) is 0 Å². The van der Waals surface area contributed by atoms with Crippen LogP contribution < -0.4 is 5.32 Å². The van der Waals surface area contributed by atoms with Crippen LogP contribution in [-0.2, 0) is 6.42 Å². The first-order valence-electron chi connectivity index (χ1n) is 9.40. The molecule has 27 heavy (non-hydrogen) atoms. The Morgan fingerprint density at radius 3 is 2.56 bits per heavy atom. The van der Waals surface area contributed by atoms with Crippen molar-refractivity contribution in [3.8, 4) is 0 Å². The molecule has 2 N–H and O–H groups in total. The second kappa shape index (κ2) is 5.98. The summed E-state index contributed by atoms with van der Waals surface area (Å²) in [5.74, 6) is -0.272. The Balaban J connectivity index is 1.68. The molecule has 3 nitrogen and oxygen atoms in total. The van der Waals surface area contributed by atoms with Gasteiger partial charge in [-0.25, -0.2) is 4.79 Å². The first-order chi connectivity index (χ1) is 13.1. The van der Waals surface area contributed by atoms with Crippen molar-refractivity contribution < 1.29 is 9.90 Å². The van der Waals surface area contributed by atoms with Gasteiger partial charge in [-0.15, -0.1) is 0 Å². The zero-order valence-electron chi connectivity index (χ0n) is 15.1. The van der Waals surface area contributed by atoms with E-state index in [9.17, 15) is 9.90 Å². The molecule has 2 aliphatic rings. The predicted octanol–water partition coefficient (Wildman–Crippen LogP) is 5.16. The van der Waals surface area contributed by atoms with E-state index in [2.05, 4.69) is 60.8 Å². The first kappa shape index (κ1) is 16.1. The van der Waals surface area contributed by atoms with Gasteiger partial charge < -0.3 is 10.4 Å². The van der Waals surface area contributed by atoms with E-state index in [1.165, 1.54) is 22.3 Å². The molecule has 1 aliphatic heterocycles. The maximum Gasteiger partial charge on any atom is 0.335 e. The molecule has 0 aromatic heterocycles. The van der Waals surface area contributed by atoms with Gasteiger partial charge >= 0.3 is 5.97 Å². The third kappa shape index (κ3) is 2.54. The summed E-state index contributed by atoms with van der Waals surface area (Å²) in [4.78, 5) is 11.5. The number of carbonyl (C=O) groups is 1. The number of rotatable bonds is 2. The highest BCUT2D eigenvalue weighted by Crippen LogP contribution is 2.53. The summed E-state index contributed by atoms with van der Waals surface area (Å²) in [6, 6.07) is 23.0. The fraction of sp³-hybridized carbons (Fsp3) is 0.208. The van der Waals surface area contributed by atoms with Crippen LogP contribution in [0.2, 0.25) is 0 Å². The smallest absolute Gasteiger partial charge is 0.335 e. The van der Waals surface area contributed by atoms with Gasteiger partial charge in [0.15, 0.2) is 0 Å². The van der Waals surface area contributed by atoms with Crippen LogP contribution >= 0.6 is 0 Å². The zero-order valence-corrected chi connectivity index (χ0v) is 15.1. The number of nitrogens with one attached hydrogen (secondary N) is 1. The lowest BCUT2D eigenvalue weighted by Crippen LogP contribution is -2.30. The van der Waals surface area contributed by atoms with Crippen LogP contribution in [0.3, 0.4) is 0 Å². The van der Waals surface area contributed by atoms with Crippen molar-refractivity contribution in [2.24, 2.45) is 5.92 Å². The lowest BCUT2D eigenvalue weighted by Gasteiger charge is -2.38. The second-order valence-electron chi connectivity index (χ2n) is 7.68. The monoisotopic (exact) mass is 355 g/mol. The third-order valence-electron chi connectivity index (χ3n) is 6.08. The Morgan fingerprint density at radius 1 is 1.00 bits per heavy atom. The third-order valence-corrected chi connectivity index (χ3v) is 6.08. The normalized spacial score (nSPS) is 22.3. The Bertz CT molecular complexity index is 1040. The molecule has 3 atom stereocenters. The molecule has 0 bridgehead atoms. The molecule has 0 unspecified atom stereocenters. The SMILES string of the molecule is Cc1ccc([C@@H]2Nc3ccc(C(=O)O)cc3[C@@H]3c4ccccc4C[C@H]32)cc1. The summed E-state index contributed by atoms with van der Waals surface area (Å²) in [6.45, 7) is 2.11. The number of aryl methyl sites for hydroxylation is 1. The van der Waals surface area contributed by atoms with E-state index in [4.69, 9.17) is 0 Å². The highest BCUT2D eigenvalue weighted by Gasteiger charge is 2.43. The molecular weight excluding hydrogens is 334 g/mol. The molecule has 5 rings (SSSR count). The largest absolute Gasteiger partial charge is 0.478 e. The average Bonchev–Trinajstić information content (AvgIpc) is 3.07. The van der Waals surface area contributed by atoms with Crippen LogP contribution in [0.4, 0.5) is 5.69 Å². The van der Waals surface area contributed by atoms with Crippen molar-refractivity contribution in [3.63, 3.8) is 0 Å². The highest BCUT2D eigenvalue weighted by molar-refractivity contribution is 5.89. The minimum absolute atomic E-state index is 0.214. The molecule has 0 saturated carbocycles. The molecule has 3 heteroatoms. The minimum atomic E-state index is -0.874. The average molecular weight is 355 g/mol. The molecule has 3 aromatic carbocycles. The van der Waals surface area contributed by atoms with E-state index in [-0.39, 0.29) is 12.0 Å². The van der Waals surface area contributed by atoms with Crippen LogP contribution in [0.15, 0.2) is 66.7 Å². The standard InChI is InChI=1S/C24H21NO2/c1-14-6-8-15(9-7-14)23-20-12-16-4-2-3-5-18(16)22(20)19-13-17(24(26)27)10-11-21(19)25-23/h2-11,13,20,22-23,25H,12H2,1H3,(H,26,27)/t20-,22+,23+/m1/s1. The van der Waals surface area contributed by atoms with E-state index in [0.717, 1.165) is 17.7 Å². The van der Waals surface area contributed by atoms with Gasteiger partial charge in [-0.1, -0.05) is 54.1 Å². The van der Waals surface area contributed by atoms with Crippen molar-refractivity contribution in [1.29, 1.82) is 0 Å². The molecule has 0 radical (unpaired) electrons. The molecule has 1 aliphatic carbocycles. The van der Waals surface area contributed by atoms with E-state index in [1.54, 1.807) is 6.07 Å². The number of benzene rings is 3. The molecule has 134 valence electrons. The summed E-state index contributed by atoms with van der Waals surface area (Å²) in [5, 5.41) is 13.2. The van der Waals surface area contributed by atoms with E-state index in [0.29, 0.717) is 11.5 Å². The van der Waals surface area contributed by atoms with Crippen molar-refractivity contribution in [2.75, 3.05) is 5.32 Å². The fourth-order valence-electron chi connectivity index (χ4n) is 4.80. The molecule has 1 heterocycles. The molecule has 0 fully saturated rings. The fourth-order valence-corrected chi connectivity index (χ4v) is 4.80. The second-order valence-corrected chi connectivity index (χ2v) is 7.68. The number of carboxylic acids is 1. The topological polar surface area (TPSA) is 49.3 Å². The van der Waals surface area contributed by atoms with E-state index < -0.39 is 5.97 Å². The van der Waals surface area contributed by atoms with Crippen LogP contribution in [-0.4, -0.2) is 11.1 Å². The number of anilines is 1. The van der Waals surface area contributed by atoms with E-state index >= 15 is 0 Å². The van der Waals surface area contributed by atoms with Crippen molar-refractivity contribution >= 4 is 11.7 Å². The Hall–Kier alpha value is -3.07. The molecule has 0 amide bonds. The Labute approximate surface area is 158 Å². The van der Waals surface area contributed by atoms with Gasteiger partial charge in [0.25, 0.3) is 0 Å². The van der Waals surface area contributed by atoms with Crippen LogP contribution in [0, 0.1) is 12.8 Å². The predicted molar refractivity (Wildman–Crippen MR) is 106 cm³/mol. The van der Waals surface area contributed by atoms with Gasteiger partial charge in [-0.2, -0.15) is 0 Å². The van der Waals surface area contributed by atoms with Gasteiger partial charge in [0.05, 0.1) is 11.6 Å².